The van der Waals surface area contributed by atoms with Crippen molar-refractivity contribution in [1.29, 1.82) is 0 Å². The summed E-state index contributed by atoms with van der Waals surface area (Å²) in [5.41, 5.74) is 5.41. The summed E-state index contributed by atoms with van der Waals surface area (Å²) in [6, 6.07) is 3.95. The molecule has 1 rings (SSSR count). The zero-order valence-corrected chi connectivity index (χ0v) is 10.9. The van der Waals surface area contributed by atoms with Gasteiger partial charge in [0.2, 0.25) is 7.37 Å². The summed E-state index contributed by atoms with van der Waals surface area (Å²) in [4.78, 5) is 20.2. The van der Waals surface area contributed by atoms with Gasteiger partial charge in [0.1, 0.15) is 11.8 Å². The van der Waals surface area contributed by atoms with Gasteiger partial charge in [0.25, 0.3) is 0 Å². The standard InChI is InChI=1S/C11H16NO6P/c12-9(10(14)15)5-6-19(17,18)11(16)7-1-3-8(13)4-2-7/h1-4,9,11,13,16H,5-6,12H2,(H,14,15)(H,17,18)/t9-,11?/m0/s1. The van der Waals surface area contributed by atoms with Crippen molar-refractivity contribution in [3.63, 3.8) is 0 Å². The van der Waals surface area contributed by atoms with E-state index in [1.54, 1.807) is 0 Å². The number of aliphatic carboxylic acids is 1. The maximum atomic E-state index is 11.9. The Morgan fingerprint density at radius 2 is 1.84 bits per heavy atom. The maximum absolute atomic E-state index is 11.9. The van der Waals surface area contributed by atoms with E-state index in [4.69, 9.17) is 15.9 Å². The van der Waals surface area contributed by atoms with Crippen LogP contribution in [0.3, 0.4) is 0 Å². The van der Waals surface area contributed by atoms with Gasteiger partial charge < -0.3 is 25.9 Å². The molecular formula is C11H16NO6P. The van der Waals surface area contributed by atoms with Crippen LogP contribution in [0.2, 0.25) is 0 Å². The normalized spacial score (nSPS) is 17.4. The van der Waals surface area contributed by atoms with Gasteiger partial charge in [-0.15, -0.1) is 0 Å². The van der Waals surface area contributed by atoms with Crippen molar-refractivity contribution in [3.05, 3.63) is 29.8 Å². The third-order valence-corrected chi connectivity index (χ3v) is 4.61. The molecule has 0 amide bonds. The molecule has 7 nitrogen and oxygen atoms in total. The fourth-order valence-corrected chi connectivity index (χ4v) is 2.98. The monoisotopic (exact) mass is 289 g/mol. The number of rotatable bonds is 6. The summed E-state index contributed by atoms with van der Waals surface area (Å²) >= 11 is 0. The van der Waals surface area contributed by atoms with E-state index in [-0.39, 0.29) is 17.7 Å². The second-order valence-corrected chi connectivity index (χ2v) is 6.63. The SMILES string of the molecule is N[C@@H](CCP(=O)(O)C(O)c1ccc(O)cc1)C(=O)O. The van der Waals surface area contributed by atoms with Crippen LogP contribution in [0.5, 0.6) is 5.75 Å². The molecule has 0 saturated heterocycles. The first-order chi connectivity index (χ1) is 8.74. The Morgan fingerprint density at radius 3 is 2.32 bits per heavy atom. The lowest BCUT2D eigenvalue weighted by molar-refractivity contribution is -0.138. The molecule has 0 aliphatic carbocycles. The van der Waals surface area contributed by atoms with Gasteiger partial charge >= 0.3 is 5.97 Å². The molecule has 2 unspecified atom stereocenters. The highest BCUT2D eigenvalue weighted by atomic mass is 31.2. The lowest BCUT2D eigenvalue weighted by atomic mass is 10.2. The molecule has 0 bridgehead atoms. The Hall–Kier alpha value is -1.40. The minimum Gasteiger partial charge on any atom is -0.508 e. The van der Waals surface area contributed by atoms with Crippen LogP contribution in [0.1, 0.15) is 17.8 Å². The second-order valence-electron chi connectivity index (χ2n) is 4.18. The molecule has 106 valence electrons. The number of aromatic hydroxyl groups is 1. The van der Waals surface area contributed by atoms with E-state index >= 15 is 0 Å². The number of aliphatic hydroxyl groups is 1. The minimum absolute atomic E-state index is 0.0309. The van der Waals surface area contributed by atoms with Gasteiger partial charge in [-0.3, -0.25) is 9.36 Å². The number of nitrogens with two attached hydrogens (primary N) is 1. The lowest BCUT2D eigenvalue weighted by Gasteiger charge is -2.19. The highest BCUT2D eigenvalue weighted by Crippen LogP contribution is 2.54. The van der Waals surface area contributed by atoms with Crippen LogP contribution in [-0.4, -0.2) is 38.4 Å². The number of carbonyl (C=O) groups is 1. The Morgan fingerprint density at radius 1 is 1.32 bits per heavy atom. The summed E-state index contributed by atoms with van der Waals surface area (Å²) in [6.07, 6.45) is -0.610. The number of hydrogen-bond donors (Lipinski definition) is 5. The molecular weight excluding hydrogens is 273 g/mol. The minimum atomic E-state index is -3.98. The van der Waals surface area contributed by atoms with E-state index in [1.165, 1.54) is 24.3 Å². The molecule has 1 aromatic rings. The van der Waals surface area contributed by atoms with E-state index < -0.39 is 31.4 Å². The molecule has 0 saturated carbocycles. The molecule has 1 aromatic carbocycles. The molecule has 3 atom stereocenters. The van der Waals surface area contributed by atoms with Crippen LogP contribution >= 0.6 is 7.37 Å². The number of phenols is 1. The molecule has 0 aromatic heterocycles. The van der Waals surface area contributed by atoms with Gasteiger partial charge in [-0.1, -0.05) is 12.1 Å². The van der Waals surface area contributed by atoms with Crippen LogP contribution < -0.4 is 5.73 Å². The van der Waals surface area contributed by atoms with Crippen LogP contribution in [0, 0.1) is 0 Å². The fourth-order valence-electron chi connectivity index (χ4n) is 1.45. The van der Waals surface area contributed by atoms with Crippen LogP contribution in [0.15, 0.2) is 24.3 Å². The van der Waals surface area contributed by atoms with Gasteiger partial charge in [0.05, 0.1) is 0 Å². The maximum Gasteiger partial charge on any atom is 0.320 e. The third-order valence-electron chi connectivity index (χ3n) is 2.65. The molecule has 6 N–H and O–H groups in total. The second kappa shape index (κ2) is 6.16. The van der Waals surface area contributed by atoms with Crippen molar-refractivity contribution in [3.8, 4) is 5.75 Å². The molecule has 0 aliphatic rings. The Kier molecular flexibility index (Phi) is 5.08. The topological polar surface area (TPSA) is 141 Å². The first-order valence-electron chi connectivity index (χ1n) is 5.51. The number of carboxylic acid groups (broad SMARTS) is 1. The van der Waals surface area contributed by atoms with Crippen LogP contribution in [0.25, 0.3) is 0 Å². The summed E-state index contributed by atoms with van der Waals surface area (Å²) < 4.78 is 11.9. The molecule has 0 radical (unpaired) electrons. The largest absolute Gasteiger partial charge is 0.508 e. The smallest absolute Gasteiger partial charge is 0.320 e. The first kappa shape index (κ1) is 15.7. The molecule has 0 fully saturated rings. The Balaban J connectivity index is 2.73. The molecule has 0 spiro atoms. The van der Waals surface area contributed by atoms with Crippen molar-refractivity contribution >= 4 is 13.3 Å². The van der Waals surface area contributed by atoms with Gasteiger partial charge in [-0.05, 0) is 24.1 Å². The molecule has 0 heterocycles. The highest BCUT2D eigenvalue weighted by Gasteiger charge is 2.31. The van der Waals surface area contributed by atoms with Crippen LogP contribution in [-0.2, 0) is 9.36 Å². The van der Waals surface area contributed by atoms with Crippen molar-refractivity contribution < 1.29 is 29.6 Å². The highest BCUT2D eigenvalue weighted by molar-refractivity contribution is 7.58. The zero-order chi connectivity index (χ0) is 14.6. The fraction of sp³-hybridized carbons (Fsp3) is 0.364. The number of aliphatic hydroxyl groups excluding tert-OH is 1. The molecule has 0 aliphatic heterocycles. The Bertz CT molecular complexity index is 488. The summed E-state index contributed by atoms with van der Waals surface area (Å²) in [6.45, 7) is 0. The summed E-state index contributed by atoms with van der Waals surface area (Å²) in [7, 11) is -3.98. The van der Waals surface area contributed by atoms with Gasteiger partial charge in [-0.25, -0.2) is 0 Å². The lowest BCUT2D eigenvalue weighted by Crippen LogP contribution is -2.31. The van der Waals surface area contributed by atoms with Crippen molar-refractivity contribution in [2.24, 2.45) is 5.73 Å². The number of phenolic OH excluding ortho intramolecular Hbond substituents is 1. The van der Waals surface area contributed by atoms with E-state index in [2.05, 4.69) is 0 Å². The van der Waals surface area contributed by atoms with E-state index in [1.807, 2.05) is 0 Å². The average molecular weight is 289 g/mol. The van der Waals surface area contributed by atoms with Gasteiger partial charge in [0.15, 0.2) is 5.85 Å². The third kappa shape index (κ3) is 4.33. The van der Waals surface area contributed by atoms with E-state index in [0.717, 1.165) is 0 Å². The quantitative estimate of drug-likeness (QED) is 0.479. The van der Waals surface area contributed by atoms with Gasteiger partial charge in [0, 0.05) is 6.16 Å². The predicted molar refractivity (Wildman–Crippen MR) is 68.0 cm³/mol. The van der Waals surface area contributed by atoms with E-state index in [0.29, 0.717) is 0 Å². The van der Waals surface area contributed by atoms with E-state index in [9.17, 15) is 19.4 Å². The summed E-state index contributed by atoms with van der Waals surface area (Å²) in [5.74, 6) is -2.93. The number of carboxylic acids is 1. The average Bonchev–Trinajstić information content (AvgIpc) is 2.36. The zero-order valence-electron chi connectivity index (χ0n) is 10.0. The molecule has 19 heavy (non-hydrogen) atoms. The van der Waals surface area contributed by atoms with Crippen molar-refractivity contribution in [1.82, 2.24) is 0 Å². The first-order valence-corrected chi connectivity index (χ1v) is 7.42. The number of benzene rings is 1. The number of hydrogen-bond acceptors (Lipinski definition) is 5. The van der Waals surface area contributed by atoms with Gasteiger partial charge in [-0.2, -0.15) is 0 Å². The van der Waals surface area contributed by atoms with Crippen LogP contribution in [0.4, 0.5) is 0 Å². The molecule has 8 heteroatoms. The Labute approximate surface area is 109 Å². The predicted octanol–water partition coefficient (Wildman–Crippen LogP) is 0.455. The van der Waals surface area contributed by atoms with Crippen molar-refractivity contribution in [2.75, 3.05) is 6.16 Å². The van der Waals surface area contributed by atoms with Crippen molar-refractivity contribution in [2.45, 2.75) is 18.3 Å². The summed E-state index contributed by atoms with van der Waals surface area (Å²) in [5, 5.41) is 27.5.